The molecule has 0 fully saturated rings. The first-order valence-corrected chi connectivity index (χ1v) is 9.46. The number of amides is 1. The fourth-order valence-electron chi connectivity index (χ4n) is 3.24. The fourth-order valence-corrected chi connectivity index (χ4v) is 3.24. The maximum absolute atomic E-state index is 12.9. The molecule has 0 aliphatic carbocycles. The van der Waals surface area contributed by atoms with Crippen molar-refractivity contribution in [3.63, 3.8) is 0 Å². The number of carbonyl (C=O) groups excluding carboxylic acids is 2. The summed E-state index contributed by atoms with van der Waals surface area (Å²) in [6.07, 6.45) is 3.47. The van der Waals surface area contributed by atoms with Gasteiger partial charge in [-0.3, -0.25) is 4.79 Å². The van der Waals surface area contributed by atoms with Crippen molar-refractivity contribution < 1.29 is 32.6 Å². The molecule has 0 radical (unpaired) electrons. The van der Waals surface area contributed by atoms with Crippen LogP contribution in [0.2, 0.25) is 0 Å². The standard InChI is InChI=1S/C22H20N2O7/c1-27-15-9-14(10-16(11-15)28-2)22(26)31-13-21(25)24-18(20-6-4-8-30-20)12-17(23-24)19-5-3-7-29-19/h3-11,18H,12-13H2,1-2H3. The van der Waals surface area contributed by atoms with Gasteiger partial charge in [-0.05, 0) is 36.4 Å². The Hall–Kier alpha value is -4.01. The number of hydrazone groups is 1. The first-order valence-electron chi connectivity index (χ1n) is 9.46. The summed E-state index contributed by atoms with van der Waals surface area (Å²) in [5.41, 5.74) is 0.802. The van der Waals surface area contributed by atoms with Crippen LogP contribution in [0.25, 0.3) is 0 Å². The van der Waals surface area contributed by atoms with Gasteiger partial charge in [0, 0.05) is 12.5 Å². The lowest BCUT2D eigenvalue weighted by atomic mass is 10.1. The summed E-state index contributed by atoms with van der Waals surface area (Å²) in [7, 11) is 2.95. The molecule has 0 saturated carbocycles. The highest BCUT2D eigenvalue weighted by Crippen LogP contribution is 2.33. The molecule has 1 aliphatic heterocycles. The van der Waals surface area contributed by atoms with Crippen LogP contribution < -0.4 is 9.47 Å². The van der Waals surface area contributed by atoms with Crippen LogP contribution in [0.15, 0.2) is 68.9 Å². The summed E-state index contributed by atoms with van der Waals surface area (Å²) in [5, 5.41) is 5.65. The van der Waals surface area contributed by atoms with E-state index < -0.39 is 24.5 Å². The maximum Gasteiger partial charge on any atom is 0.338 e. The van der Waals surface area contributed by atoms with Crippen molar-refractivity contribution in [1.82, 2.24) is 5.01 Å². The second kappa shape index (κ2) is 8.78. The van der Waals surface area contributed by atoms with E-state index in [9.17, 15) is 9.59 Å². The van der Waals surface area contributed by atoms with Crippen molar-refractivity contribution in [2.75, 3.05) is 20.8 Å². The van der Waals surface area contributed by atoms with Gasteiger partial charge in [0.05, 0.1) is 32.3 Å². The summed E-state index contributed by atoms with van der Waals surface area (Å²) in [6.45, 7) is -0.496. The molecule has 1 atom stereocenters. The Morgan fingerprint density at radius 2 is 1.77 bits per heavy atom. The van der Waals surface area contributed by atoms with Crippen LogP contribution in [0.4, 0.5) is 0 Å². The summed E-state index contributed by atoms with van der Waals surface area (Å²) < 4.78 is 26.4. The highest BCUT2D eigenvalue weighted by atomic mass is 16.5. The van der Waals surface area contributed by atoms with E-state index in [4.69, 9.17) is 23.0 Å². The Labute approximate surface area is 177 Å². The van der Waals surface area contributed by atoms with Gasteiger partial charge in [-0.2, -0.15) is 5.10 Å². The molecule has 1 unspecified atom stereocenters. The van der Waals surface area contributed by atoms with Gasteiger partial charge in [-0.15, -0.1) is 0 Å². The smallest absolute Gasteiger partial charge is 0.338 e. The Balaban J connectivity index is 1.49. The summed E-state index contributed by atoms with van der Waals surface area (Å²) in [4.78, 5) is 25.4. The molecule has 2 aromatic heterocycles. The van der Waals surface area contributed by atoms with Crippen LogP contribution in [0.3, 0.4) is 0 Å². The van der Waals surface area contributed by atoms with Crippen molar-refractivity contribution in [1.29, 1.82) is 0 Å². The van der Waals surface area contributed by atoms with Gasteiger partial charge in [0.1, 0.15) is 34.8 Å². The van der Waals surface area contributed by atoms with Gasteiger partial charge in [-0.25, -0.2) is 9.80 Å². The normalized spacial score (nSPS) is 15.5. The monoisotopic (exact) mass is 424 g/mol. The summed E-state index contributed by atoms with van der Waals surface area (Å²) in [6, 6.07) is 11.2. The number of rotatable bonds is 7. The van der Waals surface area contributed by atoms with Crippen LogP contribution in [0, 0.1) is 0 Å². The molecule has 4 rings (SSSR count). The van der Waals surface area contributed by atoms with Crippen LogP contribution >= 0.6 is 0 Å². The van der Waals surface area contributed by atoms with E-state index in [2.05, 4.69) is 5.10 Å². The lowest BCUT2D eigenvalue weighted by Gasteiger charge is -2.19. The number of ether oxygens (including phenoxy) is 3. The minimum absolute atomic E-state index is 0.202. The molecule has 9 heteroatoms. The molecule has 1 aliphatic rings. The topological polar surface area (TPSA) is 104 Å². The van der Waals surface area contributed by atoms with Crippen molar-refractivity contribution >= 4 is 17.6 Å². The van der Waals surface area contributed by atoms with Gasteiger partial charge in [0.2, 0.25) is 0 Å². The van der Waals surface area contributed by atoms with Crippen LogP contribution in [-0.4, -0.2) is 43.4 Å². The molecule has 3 heterocycles. The first-order chi connectivity index (χ1) is 15.1. The fraction of sp³-hybridized carbons (Fsp3) is 0.227. The SMILES string of the molecule is COc1cc(OC)cc(C(=O)OCC(=O)N2N=C(c3ccco3)CC2c2ccco2)c1. The van der Waals surface area contributed by atoms with Crippen molar-refractivity contribution in [2.24, 2.45) is 5.10 Å². The molecule has 3 aromatic rings. The van der Waals surface area contributed by atoms with Crippen molar-refractivity contribution in [2.45, 2.75) is 12.5 Å². The van der Waals surface area contributed by atoms with E-state index in [-0.39, 0.29) is 5.56 Å². The van der Waals surface area contributed by atoms with E-state index in [1.54, 1.807) is 30.3 Å². The molecule has 9 nitrogen and oxygen atoms in total. The van der Waals surface area contributed by atoms with Crippen LogP contribution in [-0.2, 0) is 9.53 Å². The molecular formula is C22H20N2O7. The highest BCUT2D eigenvalue weighted by Gasteiger charge is 2.36. The second-order valence-corrected chi connectivity index (χ2v) is 6.68. The largest absolute Gasteiger partial charge is 0.497 e. The van der Waals surface area contributed by atoms with Gasteiger partial charge in [0.15, 0.2) is 6.61 Å². The third-order valence-electron chi connectivity index (χ3n) is 4.76. The zero-order valence-corrected chi connectivity index (χ0v) is 16.9. The number of nitrogens with zero attached hydrogens (tertiary/aromatic N) is 2. The Kier molecular flexibility index (Phi) is 5.74. The van der Waals surface area contributed by atoms with Gasteiger partial charge >= 0.3 is 5.97 Å². The van der Waals surface area contributed by atoms with E-state index in [0.29, 0.717) is 35.2 Å². The summed E-state index contributed by atoms with van der Waals surface area (Å²) in [5.74, 6) is 0.820. The quantitative estimate of drug-likeness (QED) is 0.535. The van der Waals surface area contributed by atoms with Gasteiger partial charge < -0.3 is 23.0 Å². The average molecular weight is 424 g/mol. The Morgan fingerprint density at radius 1 is 1.06 bits per heavy atom. The van der Waals surface area contributed by atoms with E-state index >= 15 is 0 Å². The molecule has 1 aromatic carbocycles. The molecule has 0 saturated heterocycles. The molecule has 0 N–H and O–H groups in total. The number of hydrogen-bond donors (Lipinski definition) is 0. The number of esters is 1. The lowest BCUT2D eigenvalue weighted by molar-refractivity contribution is -0.136. The maximum atomic E-state index is 12.9. The van der Waals surface area contributed by atoms with E-state index in [1.165, 1.54) is 43.9 Å². The van der Waals surface area contributed by atoms with Crippen molar-refractivity contribution in [3.8, 4) is 11.5 Å². The second-order valence-electron chi connectivity index (χ2n) is 6.68. The Morgan fingerprint density at radius 3 is 2.39 bits per heavy atom. The molecule has 31 heavy (non-hydrogen) atoms. The predicted octanol–water partition coefficient (Wildman–Crippen LogP) is 3.42. The van der Waals surface area contributed by atoms with Gasteiger partial charge in [-0.1, -0.05) is 0 Å². The van der Waals surface area contributed by atoms with E-state index in [1.807, 2.05) is 0 Å². The third kappa shape index (κ3) is 4.30. The highest BCUT2D eigenvalue weighted by molar-refractivity contribution is 6.01. The molecule has 0 bridgehead atoms. The first kappa shape index (κ1) is 20.3. The predicted molar refractivity (Wildman–Crippen MR) is 108 cm³/mol. The molecular weight excluding hydrogens is 404 g/mol. The van der Waals surface area contributed by atoms with Crippen molar-refractivity contribution in [3.05, 3.63) is 72.1 Å². The Bertz CT molecular complexity index is 1070. The van der Waals surface area contributed by atoms with Gasteiger partial charge in [0.25, 0.3) is 5.91 Å². The number of hydrogen-bond acceptors (Lipinski definition) is 8. The molecule has 160 valence electrons. The average Bonchev–Trinajstić information content (AvgIpc) is 3.56. The lowest BCUT2D eigenvalue weighted by Crippen LogP contribution is -2.31. The number of benzene rings is 1. The molecule has 1 amide bonds. The number of carbonyl (C=O) groups is 2. The minimum atomic E-state index is -0.686. The third-order valence-corrected chi connectivity index (χ3v) is 4.76. The zero-order chi connectivity index (χ0) is 21.8. The minimum Gasteiger partial charge on any atom is -0.497 e. The number of furan rings is 2. The zero-order valence-electron chi connectivity index (χ0n) is 16.9. The van der Waals surface area contributed by atoms with Crippen LogP contribution in [0.5, 0.6) is 11.5 Å². The van der Waals surface area contributed by atoms with Crippen LogP contribution in [0.1, 0.15) is 34.3 Å². The number of methoxy groups -OCH3 is 2. The summed E-state index contributed by atoms with van der Waals surface area (Å²) >= 11 is 0. The molecule has 0 spiro atoms. The van der Waals surface area contributed by atoms with E-state index in [0.717, 1.165) is 0 Å².